The molecule has 0 unspecified atom stereocenters. The molecule has 0 amide bonds. The van der Waals surface area contributed by atoms with E-state index in [2.05, 4.69) is 0 Å². The number of halogens is 1. The Labute approximate surface area is 163 Å². The Kier molecular flexibility index (Phi) is 6.41. The first-order valence-electron chi connectivity index (χ1n) is 8.08. The van der Waals surface area contributed by atoms with E-state index >= 15 is 0 Å². The lowest BCUT2D eigenvalue weighted by Crippen LogP contribution is -2.25. The first-order chi connectivity index (χ1) is 12.5. The van der Waals surface area contributed by atoms with E-state index in [1.807, 2.05) is 6.92 Å². The quantitative estimate of drug-likeness (QED) is 0.540. The molecule has 2 aromatic carbocycles. The summed E-state index contributed by atoms with van der Waals surface area (Å²) in [5, 5.41) is 0.0349. The summed E-state index contributed by atoms with van der Waals surface area (Å²) in [5.74, 6) is -1.24. The minimum atomic E-state index is -3.74. The van der Waals surface area contributed by atoms with E-state index in [0.29, 0.717) is 5.56 Å². The van der Waals surface area contributed by atoms with Crippen molar-refractivity contribution < 1.29 is 22.7 Å². The number of esters is 1. The third-order valence-corrected chi connectivity index (χ3v) is 6.07. The van der Waals surface area contributed by atoms with Crippen LogP contribution < -0.4 is 0 Å². The van der Waals surface area contributed by atoms with Crippen molar-refractivity contribution in [3.8, 4) is 0 Å². The highest BCUT2D eigenvalue weighted by molar-refractivity contribution is 7.89. The van der Waals surface area contributed by atoms with Gasteiger partial charge in [0.15, 0.2) is 6.10 Å². The third kappa shape index (κ3) is 4.74. The molecule has 0 heterocycles. The van der Waals surface area contributed by atoms with Crippen LogP contribution in [0.5, 0.6) is 0 Å². The molecule has 0 bridgehead atoms. The average Bonchev–Trinajstić information content (AvgIpc) is 2.61. The summed E-state index contributed by atoms with van der Waals surface area (Å²) in [5.41, 5.74) is 1.29. The van der Waals surface area contributed by atoms with Gasteiger partial charge in [0, 0.05) is 19.7 Å². The van der Waals surface area contributed by atoms with Gasteiger partial charge in [-0.3, -0.25) is 4.79 Å². The third-order valence-electron chi connectivity index (χ3n) is 3.93. The van der Waals surface area contributed by atoms with Crippen molar-refractivity contribution in [3.05, 3.63) is 64.2 Å². The summed E-state index contributed by atoms with van der Waals surface area (Å²) < 4.78 is 30.7. The number of aryl methyl sites for hydroxylation is 1. The lowest BCUT2D eigenvalue weighted by molar-refractivity contribution is 0.0318. The predicted octanol–water partition coefficient (Wildman–Crippen LogP) is 3.33. The number of ether oxygens (including phenoxy) is 1. The number of ketones is 1. The van der Waals surface area contributed by atoms with Crippen molar-refractivity contribution >= 4 is 33.4 Å². The van der Waals surface area contributed by atoms with Crippen molar-refractivity contribution in [2.45, 2.75) is 24.8 Å². The van der Waals surface area contributed by atoms with Crippen LogP contribution in [0, 0.1) is 6.92 Å². The number of Topliss-reactive ketones (excluding diaryl/α,β-unsaturated/α-hetero) is 1. The molecule has 144 valence electrons. The van der Waals surface area contributed by atoms with Gasteiger partial charge >= 0.3 is 5.97 Å². The van der Waals surface area contributed by atoms with Gasteiger partial charge in [0.25, 0.3) is 0 Å². The molecule has 0 aliphatic carbocycles. The first kappa shape index (κ1) is 21.1. The molecule has 2 rings (SSSR count). The molecule has 0 radical (unpaired) electrons. The number of sulfonamides is 1. The van der Waals surface area contributed by atoms with E-state index in [1.165, 1.54) is 33.2 Å². The minimum absolute atomic E-state index is 0.0349. The van der Waals surface area contributed by atoms with E-state index in [9.17, 15) is 18.0 Å². The van der Waals surface area contributed by atoms with Gasteiger partial charge in [-0.25, -0.2) is 17.5 Å². The fourth-order valence-corrected chi connectivity index (χ4v) is 3.39. The molecule has 6 nitrogen and oxygen atoms in total. The molecule has 2 aromatic rings. The Morgan fingerprint density at radius 1 is 1.07 bits per heavy atom. The summed E-state index contributed by atoms with van der Waals surface area (Å²) in [6.07, 6.45) is -1.05. The normalized spacial score (nSPS) is 12.7. The second-order valence-electron chi connectivity index (χ2n) is 6.21. The number of carbonyl (C=O) groups is 2. The van der Waals surface area contributed by atoms with Crippen molar-refractivity contribution in [1.82, 2.24) is 4.31 Å². The lowest BCUT2D eigenvalue weighted by atomic mass is 10.1. The predicted molar refractivity (Wildman–Crippen MR) is 103 cm³/mol. The minimum Gasteiger partial charge on any atom is -0.451 e. The Morgan fingerprint density at radius 3 is 2.22 bits per heavy atom. The number of nitrogens with zero attached hydrogens (tertiary/aromatic N) is 1. The zero-order chi connectivity index (χ0) is 20.4. The molecular weight excluding hydrogens is 390 g/mol. The van der Waals surface area contributed by atoms with Crippen LogP contribution in [0.2, 0.25) is 5.02 Å². The second-order valence-corrected chi connectivity index (χ2v) is 8.77. The number of benzene rings is 2. The van der Waals surface area contributed by atoms with Crippen molar-refractivity contribution in [2.24, 2.45) is 0 Å². The Bertz CT molecular complexity index is 968. The number of carbonyl (C=O) groups excluding carboxylic acids is 2. The first-order valence-corrected chi connectivity index (χ1v) is 9.89. The van der Waals surface area contributed by atoms with Crippen LogP contribution in [-0.2, 0) is 14.8 Å². The fourth-order valence-electron chi connectivity index (χ4n) is 2.26. The van der Waals surface area contributed by atoms with Gasteiger partial charge in [0.1, 0.15) is 0 Å². The van der Waals surface area contributed by atoms with Gasteiger partial charge < -0.3 is 4.74 Å². The summed E-state index contributed by atoms with van der Waals surface area (Å²) >= 11 is 6.02. The van der Waals surface area contributed by atoms with Crippen LogP contribution in [0.4, 0.5) is 0 Å². The zero-order valence-electron chi connectivity index (χ0n) is 15.4. The highest BCUT2D eigenvalue weighted by Crippen LogP contribution is 2.23. The molecule has 8 heteroatoms. The van der Waals surface area contributed by atoms with Crippen LogP contribution in [0.3, 0.4) is 0 Å². The second kappa shape index (κ2) is 8.21. The molecule has 0 N–H and O–H groups in total. The van der Waals surface area contributed by atoms with Gasteiger partial charge in [0.2, 0.25) is 15.8 Å². The van der Waals surface area contributed by atoms with E-state index in [1.54, 1.807) is 24.3 Å². The molecule has 0 saturated carbocycles. The monoisotopic (exact) mass is 409 g/mol. The van der Waals surface area contributed by atoms with Crippen LogP contribution in [0.15, 0.2) is 47.4 Å². The van der Waals surface area contributed by atoms with Gasteiger partial charge in [-0.1, -0.05) is 41.4 Å². The van der Waals surface area contributed by atoms with Crippen LogP contribution >= 0.6 is 11.6 Å². The van der Waals surface area contributed by atoms with E-state index in [4.69, 9.17) is 16.3 Å². The topological polar surface area (TPSA) is 80.8 Å². The molecule has 0 aliphatic heterocycles. The maximum atomic E-state index is 12.4. The summed E-state index contributed by atoms with van der Waals surface area (Å²) in [7, 11) is -0.983. The molecule has 27 heavy (non-hydrogen) atoms. The van der Waals surface area contributed by atoms with E-state index in [0.717, 1.165) is 15.9 Å². The Morgan fingerprint density at radius 2 is 1.67 bits per heavy atom. The molecule has 0 fully saturated rings. The average molecular weight is 410 g/mol. The maximum Gasteiger partial charge on any atom is 0.340 e. The molecule has 0 saturated heterocycles. The molecule has 0 aromatic heterocycles. The smallest absolute Gasteiger partial charge is 0.340 e. The number of rotatable bonds is 6. The Hall–Kier alpha value is -2.22. The molecule has 0 aliphatic rings. The van der Waals surface area contributed by atoms with Crippen LogP contribution in [0.25, 0.3) is 0 Å². The van der Waals surface area contributed by atoms with Gasteiger partial charge in [-0.05, 0) is 32.0 Å². The highest BCUT2D eigenvalue weighted by atomic mass is 35.5. The molecule has 0 spiro atoms. The maximum absolute atomic E-state index is 12.4. The standard InChI is InChI=1S/C19H20ClNO5S/c1-12-5-7-14(8-6-12)18(22)13(2)26-19(23)16-11-15(9-10-17(16)20)27(24,25)21(3)4/h5-11,13H,1-4H3/t13-/m0/s1. The van der Waals surface area contributed by atoms with Crippen LogP contribution in [0.1, 0.15) is 33.2 Å². The SMILES string of the molecule is Cc1ccc(C(=O)[C@H](C)OC(=O)c2cc(S(=O)(=O)N(C)C)ccc2Cl)cc1. The van der Waals surface area contributed by atoms with Crippen molar-refractivity contribution in [3.63, 3.8) is 0 Å². The van der Waals surface area contributed by atoms with E-state index < -0.39 is 22.1 Å². The Balaban J connectivity index is 2.25. The lowest BCUT2D eigenvalue weighted by Gasteiger charge is -2.15. The van der Waals surface area contributed by atoms with Crippen molar-refractivity contribution in [2.75, 3.05) is 14.1 Å². The summed E-state index contributed by atoms with van der Waals surface area (Å²) in [6, 6.07) is 10.6. The molecule has 1 atom stereocenters. The van der Waals surface area contributed by atoms with Gasteiger partial charge in [-0.15, -0.1) is 0 Å². The summed E-state index contributed by atoms with van der Waals surface area (Å²) in [4.78, 5) is 24.8. The van der Waals surface area contributed by atoms with E-state index in [-0.39, 0.29) is 21.3 Å². The summed E-state index contributed by atoms with van der Waals surface area (Å²) in [6.45, 7) is 3.35. The van der Waals surface area contributed by atoms with Gasteiger partial charge in [0.05, 0.1) is 15.5 Å². The fraction of sp³-hybridized carbons (Fsp3) is 0.263. The van der Waals surface area contributed by atoms with Gasteiger partial charge in [-0.2, -0.15) is 0 Å². The number of hydrogen-bond donors (Lipinski definition) is 0. The van der Waals surface area contributed by atoms with Crippen molar-refractivity contribution in [1.29, 1.82) is 0 Å². The molecular formula is C19H20ClNO5S. The largest absolute Gasteiger partial charge is 0.451 e. The zero-order valence-corrected chi connectivity index (χ0v) is 17.0. The van der Waals surface area contributed by atoms with Crippen LogP contribution in [-0.4, -0.2) is 44.7 Å². The highest BCUT2D eigenvalue weighted by Gasteiger charge is 2.24. The number of hydrogen-bond acceptors (Lipinski definition) is 5.